The van der Waals surface area contributed by atoms with Crippen molar-refractivity contribution in [2.24, 2.45) is 11.3 Å². The van der Waals surface area contributed by atoms with Gasteiger partial charge >= 0.3 is 0 Å². The minimum atomic E-state index is -0.233. The Labute approximate surface area is 172 Å². The van der Waals surface area contributed by atoms with Gasteiger partial charge < -0.3 is 24.3 Å². The minimum Gasteiger partial charge on any atom is -0.381 e. The van der Waals surface area contributed by atoms with Gasteiger partial charge in [0.1, 0.15) is 6.29 Å². The van der Waals surface area contributed by atoms with Gasteiger partial charge in [0.2, 0.25) is 5.91 Å². The van der Waals surface area contributed by atoms with Crippen LogP contribution in [0.15, 0.2) is 0 Å². The second-order valence-electron chi connectivity index (χ2n) is 9.53. The summed E-state index contributed by atoms with van der Waals surface area (Å²) in [6.07, 6.45) is 2.58. The Hall–Kier alpha value is -0.980. The molecule has 0 saturated heterocycles. The third-order valence-corrected chi connectivity index (χ3v) is 4.29. The molecule has 166 valence electrons. The van der Waals surface area contributed by atoms with E-state index in [9.17, 15) is 9.59 Å². The highest BCUT2D eigenvalue weighted by Gasteiger charge is 2.22. The molecule has 1 N–H and O–H groups in total. The summed E-state index contributed by atoms with van der Waals surface area (Å²) in [5, 5.41) is 2.97. The van der Waals surface area contributed by atoms with Crippen LogP contribution in [0, 0.1) is 11.3 Å². The van der Waals surface area contributed by atoms with Crippen LogP contribution in [-0.2, 0) is 23.8 Å². The number of ether oxygens (including phenoxy) is 3. The third kappa shape index (κ3) is 15.0. The average Bonchev–Trinajstić information content (AvgIpc) is 2.51. The number of hydrogen-bond acceptors (Lipinski definition) is 5. The van der Waals surface area contributed by atoms with E-state index < -0.39 is 0 Å². The molecule has 0 saturated carbocycles. The van der Waals surface area contributed by atoms with Gasteiger partial charge in [-0.2, -0.15) is 0 Å². The highest BCUT2D eigenvalue weighted by molar-refractivity contribution is 5.76. The molecule has 0 aromatic rings. The highest BCUT2D eigenvalue weighted by atomic mass is 16.5. The van der Waals surface area contributed by atoms with Crippen LogP contribution in [0.3, 0.4) is 0 Å². The number of hydrogen-bond donors (Lipinski definition) is 1. The average molecular weight is 402 g/mol. The lowest BCUT2D eigenvalue weighted by Gasteiger charge is -2.28. The zero-order chi connectivity index (χ0) is 21.8. The van der Waals surface area contributed by atoms with Crippen molar-refractivity contribution in [2.75, 3.05) is 26.4 Å². The number of rotatable bonds is 16. The maximum atomic E-state index is 12.2. The predicted octanol–water partition coefficient (Wildman–Crippen LogP) is 3.76. The van der Waals surface area contributed by atoms with Crippen LogP contribution >= 0.6 is 0 Å². The topological polar surface area (TPSA) is 73.9 Å². The zero-order valence-electron chi connectivity index (χ0n) is 19.3. The van der Waals surface area contributed by atoms with Gasteiger partial charge in [-0.05, 0) is 47.0 Å². The first-order chi connectivity index (χ1) is 12.9. The lowest BCUT2D eigenvalue weighted by molar-refractivity contribution is -0.125. The summed E-state index contributed by atoms with van der Waals surface area (Å²) >= 11 is 0. The third-order valence-electron chi connectivity index (χ3n) is 4.29. The summed E-state index contributed by atoms with van der Waals surface area (Å²) < 4.78 is 17.3. The van der Waals surface area contributed by atoms with Crippen LogP contribution in [0.4, 0.5) is 0 Å². The van der Waals surface area contributed by atoms with E-state index in [-0.39, 0.29) is 35.0 Å². The van der Waals surface area contributed by atoms with Crippen LogP contribution in [0.2, 0.25) is 0 Å². The monoisotopic (exact) mass is 401 g/mol. The fraction of sp³-hybridized carbons (Fsp3) is 0.909. The molecule has 0 aliphatic rings. The van der Waals surface area contributed by atoms with Crippen molar-refractivity contribution < 1.29 is 23.8 Å². The predicted molar refractivity (Wildman–Crippen MR) is 112 cm³/mol. The first-order valence-electron chi connectivity index (χ1n) is 10.4. The quantitative estimate of drug-likeness (QED) is 0.399. The highest BCUT2D eigenvalue weighted by Crippen LogP contribution is 2.18. The summed E-state index contributed by atoms with van der Waals surface area (Å²) in [6, 6.07) is 0. The van der Waals surface area contributed by atoms with E-state index >= 15 is 0 Å². The molecule has 2 unspecified atom stereocenters. The first-order valence-corrected chi connectivity index (χ1v) is 10.4. The molecule has 0 spiro atoms. The van der Waals surface area contributed by atoms with Crippen molar-refractivity contribution >= 4 is 12.2 Å². The Morgan fingerprint density at radius 3 is 2.32 bits per heavy atom. The van der Waals surface area contributed by atoms with Gasteiger partial charge in [-0.15, -0.1) is 0 Å². The molecular formula is C22H43NO5. The Morgan fingerprint density at radius 1 is 1.11 bits per heavy atom. The maximum Gasteiger partial charge on any atom is 0.222 e. The lowest BCUT2D eigenvalue weighted by Crippen LogP contribution is -2.38. The molecule has 0 aliphatic heterocycles. The summed E-state index contributed by atoms with van der Waals surface area (Å²) in [5.41, 5.74) is -0.401. The zero-order valence-corrected chi connectivity index (χ0v) is 19.3. The molecule has 0 aromatic heterocycles. The van der Waals surface area contributed by atoms with Gasteiger partial charge in [-0.1, -0.05) is 20.8 Å². The number of nitrogens with one attached hydrogen (secondary N) is 1. The molecule has 0 aromatic carbocycles. The Morgan fingerprint density at radius 2 is 1.75 bits per heavy atom. The van der Waals surface area contributed by atoms with Gasteiger partial charge in [0.25, 0.3) is 0 Å². The van der Waals surface area contributed by atoms with Crippen molar-refractivity contribution in [1.29, 1.82) is 0 Å². The summed E-state index contributed by atoms with van der Waals surface area (Å²) in [6.45, 7) is 18.3. The van der Waals surface area contributed by atoms with E-state index in [0.717, 1.165) is 12.7 Å². The van der Waals surface area contributed by atoms with E-state index in [2.05, 4.69) is 33.0 Å². The normalized spacial score (nSPS) is 14.8. The van der Waals surface area contributed by atoms with E-state index in [4.69, 9.17) is 14.2 Å². The van der Waals surface area contributed by atoms with Crippen LogP contribution in [0.5, 0.6) is 0 Å². The van der Waals surface area contributed by atoms with Crippen LogP contribution in [0.25, 0.3) is 0 Å². The van der Waals surface area contributed by atoms with Crippen molar-refractivity contribution in [3.8, 4) is 0 Å². The minimum absolute atomic E-state index is 0.0208. The van der Waals surface area contributed by atoms with Gasteiger partial charge in [-0.3, -0.25) is 4.79 Å². The van der Waals surface area contributed by atoms with E-state index in [1.165, 1.54) is 0 Å². The Balaban J connectivity index is 4.04. The molecule has 28 heavy (non-hydrogen) atoms. The molecular weight excluding hydrogens is 358 g/mol. The van der Waals surface area contributed by atoms with E-state index in [0.29, 0.717) is 39.2 Å². The van der Waals surface area contributed by atoms with Crippen LogP contribution < -0.4 is 5.32 Å². The molecule has 6 nitrogen and oxygen atoms in total. The van der Waals surface area contributed by atoms with Crippen molar-refractivity contribution in [3.05, 3.63) is 0 Å². The van der Waals surface area contributed by atoms with Crippen LogP contribution in [0.1, 0.15) is 74.7 Å². The van der Waals surface area contributed by atoms with Crippen molar-refractivity contribution in [2.45, 2.75) is 92.5 Å². The van der Waals surface area contributed by atoms with Crippen molar-refractivity contribution in [1.82, 2.24) is 5.32 Å². The lowest BCUT2D eigenvalue weighted by atomic mass is 9.94. The SMILES string of the molecule is CC(CC=O)COCC(C)(C)CNC(=O)CC(C)OCCC(C)(C)OC(C)C. The molecule has 0 fully saturated rings. The molecule has 0 rings (SSSR count). The van der Waals surface area contributed by atoms with E-state index in [1.54, 1.807) is 0 Å². The van der Waals surface area contributed by atoms with E-state index in [1.807, 2.05) is 27.7 Å². The van der Waals surface area contributed by atoms with Gasteiger partial charge in [0.05, 0.1) is 30.8 Å². The molecule has 1 amide bonds. The molecule has 6 heteroatoms. The molecule has 0 bridgehead atoms. The summed E-state index contributed by atoms with van der Waals surface area (Å²) in [7, 11) is 0. The Bertz CT molecular complexity index is 448. The number of amides is 1. The summed E-state index contributed by atoms with van der Waals surface area (Å²) in [5.74, 6) is 0.199. The maximum absolute atomic E-state index is 12.2. The van der Waals surface area contributed by atoms with Crippen LogP contribution in [-0.4, -0.2) is 56.4 Å². The van der Waals surface area contributed by atoms with Crippen molar-refractivity contribution in [3.63, 3.8) is 0 Å². The number of carbonyl (C=O) groups excluding carboxylic acids is 2. The first kappa shape index (κ1) is 27.0. The largest absolute Gasteiger partial charge is 0.381 e. The molecule has 0 aliphatic carbocycles. The standard InChI is InChI=1S/C22H43NO5/c1-17(2)28-22(7,8)10-12-27-19(4)13-20(25)23-15-21(5,6)16-26-14-18(3)9-11-24/h11,17-19H,9-10,12-16H2,1-8H3,(H,23,25). The second kappa shape index (κ2) is 13.3. The van der Waals surface area contributed by atoms with Gasteiger partial charge in [0, 0.05) is 31.6 Å². The molecule has 0 heterocycles. The fourth-order valence-electron chi connectivity index (χ4n) is 2.75. The molecule has 0 radical (unpaired) electrons. The van der Waals surface area contributed by atoms with Gasteiger partial charge in [-0.25, -0.2) is 0 Å². The Kier molecular flexibility index (Phi) is 12.8. The number of aldehydes is 1. The second-order valence-corrected chi connectivity index (χ2v) is 9.53. The van der Waals surface area contributed by atoms with Gasteiger partial charge in [0.15, 0.2) is 0 Å². The summed E-state index contributed by atoms with van der Waals surface area (Å²) in [4.78, 5) is 22.7. The molecule has 2 atom stereocenters. The number of carbonyl (C=O) groups is 2. The fourth-order valence-corrected chi connectivity index (χ4v) is 2.75. The smallest absolute Gasteiger partial charge is 0.222 e.